The summed E-state index contributed by atoms with van der Waals surface area (Å²) in [7, 11) is 0. The zero-order valence-corrected chi connectivity index (χ0v) is 21.2. The Balaban J connectivity index is 1.14. The van der Waals surface area contributed by atoms with Crippen LogP contribution in [0.4, 0.5) is 0 Å². The molecule has 9 atom stereocenters. The largest absolute Gasteiger partial charge is 0.481 e. The average Bonchev–Trinajstić information content (AvgIpc) is 3.12. The van der Waals surface area contributed by atoms with Crippen LogP contribution in [-0.4, -0.2) is 46.6 Å². The lowest BCUT2D eigenvalue weighted by molar-refractivity contribution is -0.181. The van der Waals surface area contributed by atoms with Crippen molar-refractivity contribution in [2.24, 2.45) is 40.9 Å². The van der Waals surface area contributed by atoms with Crippen LogP contribution in [0.5, 0.6) is 0 Å². The van der Waals surface area contributed by atoms with E-state index >= 15 is 0 Å². The number of benzene rings is 1. The molecular formula is C28H37ClN2O3. The third-order valence-electron chi connectivity index (χ3n) is 10.9. The molecule has 1 aliphatic heterocycles. The van der Waals surface area contributed by atoms with Gasteiger partial charge in [0.25, 0.3) is 0 Å². The summed E-state index contributed by atoms with van der Waals surface area (Å²) < 4.78 is 0. The number of hydrogen-bond acceptors (Lipinski definition) is 3. The summed E-state index contributed by atoms with van der Waals surface area (Å²) in [5.74, 6) is 2.53. The van der Waals surface area contributed by atoms with E-state index in [1.54, 1.807) is 0 Å². The summed E-state index contributed by atoms with van der Waals surface area (Å²) in [6, 6.07) is 8.39. The molecule has 34 heavy (non-hydrogen) atoms. The second-order valence-electron chi connectivity index (χ2n) is 12.7. The van der Waals surface area contributed by atoms with Crippen molar-refractivity contribution >= 4 is 23.5 Å². The van der Waals surface area contributed by atoms with Gasteiger partial charge in [-0.25, -0.2) is 0 Å². The van der Waals surface area contributed by atoms with Crippen LogP contribution in [0.15, 0.2) is 24.3 Å². The first-order chi connectivity index (χ1) is 16.1. The van der Waals surface area contributed by atoms with Gasteiger partial charge in [-0.2, -0.15) is 0 Å². The lowest BCUT2D eigenvalue weighted by atomic mass is 9.44. The lowest BCUT2D eigenvalue weighted by Gasteiger charge is -2.62. The van der Waals surface area contributed by atoms with E-state index in [2.05, 4.69) is 43.1 Å². The van der Waals surface area contributed by atoms with E-state index in [0.717, 1.165) is 43.8 Å². The van der Waals surface area contributed by atoms with Gasteiger partial charge in [0, 0.05) is 24.2 Å². The number of carboxylic acids is 1. The maximum Gasteiger partial charge on any atom is 0.309 e. The number of hydrogen-bond donors (Lipinski definition) is 2. The summed E-state index contributed by atoms with van der Waals surface area (Å²) in [5.41, 5.74) is 0.229. The monoisotopic (exact) mass is 484 g/mol. The summed E-state index contributed by atoms with van der Waals surface area (Å²) >= 11 is 6.08. The molecular weight excluding hydrogens is 448 g/mol. The maximum absolute atomic E-state index is 13.7. The first-order valence-corrected chi connectivity index (χ1v) is 13.5. The molecule has 1 heterocycles. The number of carbonyl (C=O) groups excluding carboxylic acids is 1. The number of rotatable bonds is 5. The van der Waals surface area contributed by atoms with Crippen molar-refractivity contribution in [1.29, 1.82) is 0 Å². The quantitative estimate of drug-likeness (QED) is 0.630. The predicted molar refractivity (Wildman–Crippen MR) is 132 cm³/mol. The minimum Gasteiger partial charge on any atom is -0.481 e. The number of fused-ring (bicyclic) bond motifs is 1. The maximum atomic E-state index is 13.7. The molecule has 0 spiro atoms. The van der Waals surface area contributed by atoms with E-state index in [1.165, 1.54) is 12.0 Å². The third kappa shape index (κ3) is 3.22. The van der Waals surface area contributed by atoms with Crippen LogP contribution in [0.25, 0.3) is 0 Å². The van der Waals surface area contributed by atoms with Crippen molar-refractivity contribution in [2.75, 3.05) is 13.1 Å². The van der Waals surface area contributed by atoms with Crippen LogP contribution in [0.3, 0.4) is 0 Å². The van der Waals surface area contributed by atoms with Crippen molar-refractivity contribution in [3.8, 4) is 0 Å². The van der Waals surface area contributed by atoms with Crippen LogP contribution >= 0.6 is 11.6 Å². The fraction of sp³-hybridized carbons (Fsp3) is 0.714. The average molecular weight is 485 g/mol. The van der Waals surface area contributed by atoms with Crippen molar-refractivity contribution in [3.05, 3.63) is 34.9 Å². The Morgan fingerprint density at radius 2 is 1.79 bits per heavy atom. The molecule has 5 aliphatic carbocycles. The highest BCUT2D eigenvalue weighted by Crippen LogP contribution is 2.63. The Bertz CT molecular complexity index is 1010. The van der Waals surface area contributed by atoms with E-state index in [1.807, 2.05) is 12.1 Å². The number of halogens is 1. The normalized spacial score (nSPS) is 42.8. The van der Waals surface area contributed by atoms with E-state index in [9.17, 15) is 14.7 Å². The molecule has 184 valence electrons. The molecule has 6 unspecified atom stereocenters. The van der Waals surface area contributed by atoms with Gasteiger partial charge in [-0.15, -0.1) is 0 Å². The van der Waals surface area contributed by atoms with Crippen LogP contribution < -0.4 is 5.32 Å². The Labute approximate surface area is 207 Å². The molecule has 6 fully saturated rings. The molecule has 2 N–H and O–H groups in total. The first kappa shape index (κ1) is 22.8. The molecule has 6 heteroatoms. The number of likely N-dealkylation sites (tertiary alicyclic amines) is 1. The van der Waals surface area contributed by atoms with Gasteiger partial charge in [-0.1, -0.05) is 30.7 Å². The van der Waals surface area contributed by atoms with Crippen molar-refractivity contribution < 1.29 is 14.7 Å². The minimum absolute atomic E-state index is 0.117. The zero-order chi connectivity index (χ0) is 24.0. The molecule has 4 bridgehead atoms. The smallest absolute Gasteiger partial charge is 0.309 e. The second-order valence-corrected chi connectivity index (χ2v) is 13.1. The third-order valence-corrected chi connectivity index (χ3v) is 11.2. The topological polar surface area (TPSA) is 69.6 Å². The lowest BCUT2D eigenvalue weighted by Crippen LogP contribution is -2.67. The van der Waals surface area contributed by atoms with E-state index < -0.39 is 16.9 Å². The predicted octanol–water partition coefficient (Wildman–Crippen LogP) is 4.80. The molecule has 1 saturated heterocycles. The Morgan fingerprint density at radius 1 is 1.06 bits per heavy atom. The highest BCUT2D eigenvalue weighted by atomic mass is 35.5. The molecule has 1 amide bonds. The minimum atomic E-state index is -0.618. The first-order valence-electron chi connectivity index (χ1n) is 13.1. The Morgan fingerprint density at radius 3 is 2.50 bits per heavy atom. The van der Waals surface area contributed by atoms with Crippen molar-refractivity contribution in [2.45, 2.75) is 70.4 Å². The van der Waals surface area contributed by atoms with Crippen LogP contribution in [0, 0.1) is 40.9 Å². The molecule has 6 aliphatic rings. The van der Waals surface area contributed by atoms with Gasteiger partial charge in [0.05, 0.1) is 11.0 Å². The summed E-state index contributed by atoms with van der Waals surface area (Å²) in [6.07, 6.45) is 4.87. The SMILES string of the molecule is CC1C2CC3CC(CC1(C(=O)O)C3)C2NC(=O)C(C)(C)N1C[C@@H]2C[C@@H](c3ccc(Cl)cc3)[C@@H]2C1. The molecule has 0 aromatic heterocycles. The van der Waals surface area contributed by atoms with E-state index in [0.29, 0.717) is 29.6 Å². The second kappa shape index (κ2) is 7.70. The fourth-order valence-corrected chi connectivity index (χ4v) is 8.94. The number of carbonyl (C=O) groups is 2. The summed E-state index contributed by atoms with van der Waals surface area (Å²) in [5, 5.41) is 14.3. The van der Waals surface area contributed by atoms with Gasteiger partial charge >= 0.3 is 5.97 Å². The highest BCUT2D eigenvalue weighted by molar-refractivity contribution is 6.30. The summed E-state index contributed by atoms with van der Waals surface area (Å²) in [6.45, 7) is 8.20. The molecule has 0 radical (unpaired) electrons. The van der Waals surface area contributed by atoms with Gasteiger partial charge in [-0.05, 0) is 105 Å². The highest BCUT2D eigenvalue weighted by Gasteiger charge is 2.63. The molecule has 5 nitrogen and oxygen atoms in total. The zero-order valence-electron chi connectivity index (χ0n) is 20.5. The summed E-state index contributed by atoms with van der Waals surface area (Å²) in [4.78, 5) is 28.3. The van der Waals surface area contributed by atoms with E-state index in [4.69, 9.17) is 11.6 Å². The number of aliphatic carboxylic acids is 1. The van der Waals surface area contributed by atoms with E-state index in [-0.39, 0.29) is 23.8 Å². The number of nitrogens with one attached hydrogen (secondary N) is 1. The van der Waals surface area contributed by atoms with Gasteiger partial charge in [-0.3, -0.25) is 14.5 Å². The number of nitrogens with zero attached hydrogens (tertiary/aromatic N) is 1. The molecule has 1 aromatic rings. The standard InChI is InChI=1S/C28H37ClN2O3/c1-15-21-9-16-8-18(12-28(15,11-16)26(33)34)24(21)30-25(32)27(2,3)31-13-19-10-22(23(19)14-31)17-4-6-20(29)7-5-17/h4-7,15-16,18-19,21-24H,8-14H2,1-3H3,(H,30,32)(H,33,34)/t15?,16?,18?,19-,21?,22-,23+,24?,28?/m0/s1. The van der Waals surface area contributed by atoms with Crippen molar-refractivity contribution in [1.82, 2.24) is 10.2 Å². The van der Waals surface area contributed by atoms with Crippen LogP contribution in [0.1, 0.15) is 64.4 Å². The van der Waals surface area contributed by atoms with Crippen molar-refractivity contribution in [3.63, 3.8) is 0 Å². The van der Waals surface area contributed by atoms with Gasteiger partial charge in [0.15, 0.2) is 0 Å². The van der Waals surface area contributed by atoms with Gasteiger partial charge < -0.3 is 10.4 Å². The molecule has 1 aromatic carbocycles. The van der Waals surface area contributed by atoms with Crippen LogP contribution in [-0.2, 0) is 9.59 Å². The van der Waals surface area contributed by atoms with Crippen LogP contribution in [0.2, 0.25) is 5.02 Å². The Kier molecular flexibility index (Phi) is 5.18. The number of amides is 1. The van der Waals surface area contributed by atoms with Gasteiger partial charge in [0.1, 0.15) is 0 Å². The van der Waals surface area contributed by atoms with Gasteiger partial charge in [0.2, 0.25) is 5.91 Å². The molecule has 7 rings (SSSR count). The fourth-order valence-electron chi connectivity index (χ4n) is 8.81. The molecule has 5 saturated carbocycles. The number of carboxylic acid groups (broad SMARTS) is 1. The Hall–Kier alpha value is -1.59.